The molecular formula is C16H16F3N3O3S. The minimum Gasteiger partial charge on any atom is -0.460 e. The quantitative estimate of drug-likeness (QED) is 0.853. The molecule has 1 fully saturated rings. The number of sulfonamides is 1. The van der Waals surface area contributed by atoms with Gasteiger partial charge in [-0.3, -0.25) is 0 Å². The maximum absolute atomic E-state index is 13.7. The molecule has 1 aliphatic carbocycles. The van der Waals surface area contributed by atoms with Gasteiger partial charge in [-0.2, -0.15) is 0 Å². The summed E-state index contributed by atoms with van der Waals surface area (Å²) in [6.07, 6.45) is 3.77. The second kappa shape index (κ2) is 7.58. The standard InChI is InChI=1S/C16H16F3N3O3S/c17-10-1-6-15(14(19)7-10)26(23,24)22-12-2-4-13(5-3-12)25-16-20-8-11(18)9-21-16/h1,6-9,12-13,22H,2-5H2. The Labute approximate surface area is 148 Å². The van der Waals surface area contributed by atoms with Gasteiger partial charge in [0.05, 0.1) is 12.4 Å². The van der Waals surface area contributed by atoms with Crippen molar-refractivity contribution in [2.24, 2.45) is 0 Å². The van der Waals surface area contributed by atoms with Gasteiger partial charge in [-0.1, -0.05) is 0 Å². The van der Waals surface area contributed by atoms with Gasteiger partial charge in [0, 0.05) is 12.1 Å². The number of aromatic nitrogens is 2. The Balaban J connectivity index is 1.57. The molecule has 1 aromatic heterocycles. The van der Waals surface area contributed by atoms with Gasteiger partial charge in [-0.15, -0.1) is 0 Å². The fraction of sp³-hybridized carbons (Fsp3) is 0.375. The maximum atomic E-state index is 13.7. The molecule has 26 heavy (non-hydrogen) atoms. The highest BCUT2D eigenvalue weighted by Crippen LogP contribution is 2.24. The van der Waals surface area contributed by atoms with Crippen LogP contribution >= 0.6 is 0 Å². The fourth-order valence-electron chi connectivity index (χ4n) is 2.78. The van der Waals surface area contributed by atoms with Crippen LogP contribution in [0.2, 0.25) is 0 Å². The lowest BCUT2D eigenvalue weighted by Gasteiger charge is -2.28. The van der Waals surface area contributed by atoms with Gasteiger partial charge in [-0.05, 0) is 37.8 Å². The van der Waals surface area contributed by atoms with Crippen LogP contribution in [0.1, 0.15) is 25.7 Å². The van der Waals surface area contributed by atoms with Crippen LogP contribution in [0.5, 0.6) is 6.01 Å². The molecule has 1 saturated carbocycles. The van der Waals surface area contributed by atoms with E-state index in [1.165, 1.54) is 0 Å². The predicted octanol–water partition coefficient (Wildman–Crippen LogP) is 2.56. The van der Waals surface area contributed by atoms with Gasteiger partial charge in [0.2, 0.25) is 10.0 Å². The van der Waals surface area contributed by atoms with E-state index in [1.54, 1.807) is 0 Å². The molecule has 140 valence electrons. The van der Waals surface area contributed by atoms with E-state index in [-0.39, 0.29) is 12.1 Å². The number of rotatable bonds is 5. The lowest BCUT2D eigenvalue weighted by molar-refractivity contribution is 0.131. The summed E-state index contributed by atoms with van der Waals surface area (Å²) in [6, 6.07) is 1.99. The third-order valence-electron chi connectivity index (χ3n) is 4.05. The number of hydrogen-bond acceptors (Lipinski definition) is 5. The van der Waals surface area contributed by atoms with E-state index in [1.807, 2.05) is 0 Å². The Morgan fingerprint density at radius 1 is 1.00 bits per heavy atom. The van der Waals surface area contributed by atoms with Crippen LogP contribution in [0, 0.1) is 17.5 Å². The molecule has 0 saturated heterocycles. The molecule has 0 aliphatic heterocycles. The average molecular weight is 387 g/mol. The summed E-state index contributed by atoms with van der Waals surface area (Å²) in [5.41, 5.74) is 0. The van der Waals surface area contributed by atoms with Gasteiger partial charge >= 0.3 is 6.01 Å². The Hall–Kier alpha value is -2.20. The SMILES string of the molecule is O=S(=O)(NC1CCC(Oc2ncc(F)cn2)CC1)c1ccc(F)cc1F. The van der Waals surface area contributed by atoms with Crippen molar-refractivity contribution >= 4 is 10.0 Å². The van der Waals surface area contributed by atoms with Gasteiger partial charge in [0.25, 0.3) is 0 Å². The Kier molecular flexibility index (Phi) is 5.42. The summed E-state index contributed by atoms with van der Waals surface area (Å²) in [7, 11) is -4.09. The van der Waals surface area contributed by atoms with Crippen LogP contribution in [0.3, 0.4) is 0 Å². The zero-order valence-corrected chi connectivity index (χ0v) is 14.3. The third-order valence-corrected chi connectivity index (χ3v) is 5.60. The second-order valence-electron chi connectivity index (χ2n) is 5.97. The molecule has 0 unspecified atom stereocenters. The van der Waals surface area contributed by atoms with Crippen molar-refractivity contribution in [3.8, 4) is 6.01 Å². The van der Waals surface area contributed by atoms with Crippen LogP contribution in [-0.2, 0) is 10.0 Å². The Morgan fingerprint density at radius 3 is 2.27 bits per heavy atom. The molecule has 0 amide bonds. The minimum absolute atomic E-state index is 0.0591. The first-order valence-corrected chi connectivity index (χ1v) is 9.43. The van der Waals surface area contributed by atoms with Crippen LogP contribution < -0.4 is 9.46 Å². The summed E-state index contributed by atoms with van der Waals surface area (Å²) in [5.74, 6) is -2.55. The van der Waals surface area contributed by atoms with Gasteiger partial charge in [0.1, 0.15) is 22.6 Å². The molecule has 1 aliphatic rings. The fourth-order valence-corrected chi connectivity index (χ4v) is 4.15. The van der Waals surface area contributed by atoms with Gasteiger partial charge in [-0.25, -0.2) is 36.3 Å². The van der Waals surface area contributed by atoms with E-state index in [0.29, 0.717) is 31.7 Å². The van der Waals surface area contributed by atoms with Crippen LogP contribution in [0.15, 0.2) is 35.5 Å². The molecule has 1 N–H and O–H groups in total. The van der Waals surface area contributed by atoms with Crippen molar-refractivity contribution in [3.05, 3.63) is 48.0 Å². The van der Waals surface area contributed by atoms with Crippen molar-refractivity contribution in [1.82, 2.24) is 14.7 Å². The third kappa shape index (κ3) is 4.50. The minimum atomic E-state index is -4.09. The highest BCUT2D eigenvalue weighted by molar-refractivity contribution is 7.89. The topological polar surface area (TPSA) is 81.2 Å². The molecule has 1 heterocycles. The highest BCUT2D eigenvalue weighted by atomic mass is 32.2. The van der Waals surface area contributed by atoms with E-state index in [2.05, 4.69) is 14.7 Å². The number of ether oxygens (including phenoxy) is 1. The molecule has 1 aromatic carbocycles. The number of nitrogens with one attached hydrogen (secondary N) is 1. The number of halogens is 3. The second-order valence-corrected chi connectivity index (χ2v) is 7.65. The van der Waals surface area contributed by atoms with E-state index in [0.717, 1.165) is 24.5 Å². The summed E-state index contributed by atoms with van der Waals surface area (Å²) >= 11 is 0. The largest absolute Gasteiger partial charge is 0.460 e. The number of benzene rings is 1. The van der Waals surface area contributed by atoms with E-state index in [9.17, 15) is 21.6 Å². The summed E-state index contributed by atoms with van der Waals surface area (Å²) in [6.45, 7) is 0. The predicted molar refractivity (Wildman–Crippen MR) is 85.3 cm³/mol. The molecule has 6 nitrogen and oxygen atoms in total. The molecule has 2 aromatic rings. The Bertz CT molecular complexity index is 870. The van der Waals surface area contributed by atoms with Crippen LogP contribution in [0.25, 0.3) is 0 Å². The first-order valence-electron chi connectivity index (χ1n) is 7.95. The molecule has 0 atom stereocenters. The normalized spacial score (nSPS) is 20.7. The van der Waals surface area contributed by atoms with Crippen LogP contribution in [-0.4, -0.2) is 30.5 Å². The Morgan fingerprint density at radius 2 is 1.65 bits per heavy atom. The van der Waals surface area contributed by atoms with Crippen molar-refractivity contribution in [2.45, 2.75) is 42.7 Å². The van der Waals surface area contributed by atoms with Crippen molar-refractivity contribution in [3.63, 3.8) is 0 Å². The zero-order valence-electron chi connectivity index (χ0n) is 13.5. The maximum Gasteiger partial charge on any atom is 0.316 e. The summed E-state index contributed by atoms with van der Waals surface area (Å²) in [5, 5.41) is 0. The number of hydrogen-bond donors (Lipinski definition) is 1. The van der Waals surface area contributed by atoms with E-state index >= 15 is 0 Å². The lowest BCUT2D eigenvalue weighted by atomic mass is 9.94. The molecule has 0 bridgehead atoms. The number of nitrogens with zero attached hydrogens (tertiary/aromatic N) is 2. The first kappa shape index (κ1) is 18.6. The van der Waals surface area contributed by atoms with E-state index < -0.39 is 38.4 Å². The summed E-state index contributed by atoms with van der Waals surface area (Å²) < 4.78 is 72.0. The van der Waals surface area contributed by atoms with Crippen molar-refractivity contribution < 1.29 is 26.3 Å². The molecular weight excluding hydrogens is 371 g/mol. The first-order chi connectivity index (χ1) is 12.3. The molecule has 0 radical (unpaired) electrons. The average Bonchev–Trinajstić information content (AvgIpc) is 2.58. The highest BCUT2D eigenvalue weighted by Gasteiger charge is 2.28. The van der Waals surface area contributed by atoms with Gasteiger partial charge in [0.15, 0.2) is 5.82 Å². The molecule has 3 rings (SSSR count). The summed E-state index contributed by atoms with van der Waals surface area (Å²) in [4.78, 5) is 6.84. The molecule has 0 spiro atoms. The zero-order chi connectivity index (χ0) is 18.7. The van der Waals surface area contributed by atoms with Gasteiger partial charge < -0.3 is 4.74 Å². The monoisotopic (exact) mass is 387 g/mol. The lowest BCUT2D eigenvalue weighted by Crippen LogP contribution is -2.40. The van der Waals surface area contributed by atoms with E-state index in [4.69, 9.17) is 4.74 Å². The smallest absolute Gasteiger partial charge is 0.316 e. The molecule has 10 heteroatoms. The van der Waals surface area contributed by atoms with Crippen molar-refractivity contribution in [2.75, 3.05) is 0 Å². The van der Waals surface area contributed by atoms with Crippen LogP contribution in [0.4, 0.5) is 13.2 Å². The van der Waals surface area contributed by atoms with Crippen molar-refractivity contribution in [1.29, 1.82) is 0 Å².